The number of hydrogen-bond donors (Lipinski definition) is 14. The lowest BCUT2D eigenvalue weighted by Gasteiger charge is -2.22. The summed E-state index contributed by atoms with van der Waals surface area (Å²) in [6.45, 7) is -1.52. The predicted molar refractivity (Wildman–Crippen MR) is 115 cm³/mol. The van der Waals surface area contributed by atoms with Gasteiger partial charge in [0.2, 0.25) is 0 Å². The Morgan fingerprint density at radius 2 is 0.944 bits per heavy atom. The van der Waals surface area contributed by atoms with Crippen molar-refractivity contribution in [3.05, 3.63) is 31.3 Å². The average Bonchev–Trinajstić information content (AvgIpc) is 3.25. The molecule has 14 N–H and O–H groups in total. The van der Waals surface area contributed by atoms with E-state index in [1.165, 1.54) is 0 Å². The van der Waals surface area contributed by atoms with Gasteiger partial charge in [-0.25, -0.2) is 9.59 Å². The van der Waals surface area contributed by atoms with Crippen LogP contribution in [0.2, 0.25) is 0 Å². The highest BCUT2D eigenvalue weighted by molar-refractivity contribution is 5.67. The van der Waals surface area contributed by atoms with Crippen molar-refractivity contribution in [3.63, 3.8) is 0 Å². The minimum atomic E-state index is -1.79. The van der Waals surface area contributed by atoms with Crippen LogP contribution in [0.5, 0.6) is 0 Å². The van der Waals surface area contributed by atoms with E-state index in [4.69, 9.17) is 51.1 Å². The Morgan fingerprint density at radius 1 is 0.583 bits per heavy atom. The zero-order valence-electron chi connectivity index (χ0n) is 18.2. The summed E-state index contributed by atoms with van der Waals surface area (Å²) in [5.74, 6) is 0. The Hall–Kier alpha value is -3.11. The minimum absolute atomic E-state index is 0.0258. The van der Waals surface area contributed by atoms with Gasteiger partial charge < -0.3 is 60.7 Å². The summed E-state index contributed by atoms with van der Waals surface area (Å²) in [7, 11) is 0. The van der Waals surface area contributed by atoms with E-state index in [1.807, 2.05) is 4.98 Å². The minimum Gasteiger partial charge on any atom is -0.394 e. The number of carbonyl (C=O) groups is 2. The van der Waals surface area contributed by atoms with Crippen LogP contribution in [0.4, 0.5) is 0 Å². The third-order valence-electron chi connectivity index (χ3n) is 4.26. The number of aliphatic hydroxyl groups is 10. The van der Waals surface area contributed by atoms with Crippen LogP contribution in [0, 0.1) is 0 Å². The molecule has 0 saturated heterocycles. The summed E-state index contributed by atoms with van der Waals surface area (Å²) in [6, 6.07) is 0. The second-order valence-electron chi connectivity index (χ2n) is 6.95. The Morgan fingerprint density at radius 3 is 1.28 bits per heavy atom. The van der Waals surface area contributed by atoms with Gasteiger partial charge in [0.15, 0.2) is 12.6 Å². The molecule has 0 fully saturated rings. The molecule has 0 saturated carbocycles. The fraction of sp³-hybridized carbons (Fsp3) is 0.588. The smallest absolute Gasteiger partial charge is 0.327 e. The van der Waals surface area contributed by atoms with Gasteiger partial charge in [0, 0.05) is 0 Å². The Balaban J connectivity index is 0.000000510. The van der Waals surface area contributed by atoms with Crippen LogP contribution >= 0.6 is 0 Å². The molecule has 36 heavy (non-hydrogen) atoms. The predicted octanol–water partition coefficient (Wildman–Crippen LogP) is -8.52. The van der Waals surface area contributed by atoms with Crippen molar-refractivity contribution in [1.82, 2.24) is 19.9 Å². The van der Waals surface area contributed by atoms with Crippen molar-refractivity contribution in [2.75, 3.05) is 13.2 Å². The van der Waals surface area contributed by atoms with Crippen molar-refractivity contribution in [2.45, 2.75) is 48.8 Å². The molecule has 0 spiro atoms. The lowest BCUT2D eigenvalue weighted by atomic mass is 10.0. The fourth-order valence-corrected chi connectivity index (χ4v) is 2.19. The molecular formula is C17H28N4O15. The van der Waals surface area contributed by atoms with Gasteiger partial charge >= 0.3 is 11.4 Å². The normalized spacial score (nSPS) is 17.6. The van der Waals surface area contributed by atoms with Crippen LogP contribution in [-0.4, -0.2) is 146 Å². The summed E-state index contributed by atoms with van der Waals surface area (Å²) in [6.07, 6.45) is -13.7. The standard InChI is InChI=1S/2C6H12O6.C5H4N4O3/c2*7-1-3(9)5(11)6(12)4(10)2-8;10-3-1-2(7-4(11)6-1)8-5(12)9-3/h2*1,3-6,8-12H,2H2;(H4,6,7,8,9,10,11,12)/t2*3-,4+,5+,6+;/m00./s1. The molecule has 19 nitrogen and oxygen atoms in total. The number of hydrogen-bond acceptors (Lipinski definition) is 15. The van der Waals surface area contributed by atoms with E-state index in [0.29, 0.717) is 0 Å². The van der Waals surface area contributed by atoms with Gasteiger partial charge in [0.05, 0.1) is 13.2 Å². The molecule has 19 heteroatoms. The Bertz CT molecular complexity index is 1060. The number of aldehydes is 2. The molecule has 2 aromatic heterocycles. The van der Waals surface area contributed by atoms with Crippen LogP contribution in [0.25, 0.3) is 11.2 Å². The number of aromatic nitrogens is 4. The van der Waals surface area contributed by atoms with Crippen LogP contribution in [0.1, 0.15) is 0 Å². The molecule has 0 radical (unpaired) electrons. The zero-order valence-corrected chi connectivity index (χ0v) is 18.2. The molecule has 0 unspecified atom stereocenters. The van der Waals surface area contributed by atoms with E-state index in [0.717, 1.165) is 0 Å². The first kappa shape index (κ1) is 32.9. The first-order valence-electron chi connectivity index (χ1n) is 9.76. The van der Waals surface area contributed by atoms with Crippen LogP contribution in [-0.2, 0) is 9.59 Å². The van der Waals surface area contributed by atoms with Crippen LogP contribution in [0.15, 0.2) is 14.4 Å². The number of aliphatic hydroxyl groups excluding tert-OH is 10. The van der Waals surface area contributed by atoms with E-state index in [2.05, 4.69) is 15.0 Å². The molecule has 0 aliphatic rings. The highest BCUT2D eigenvalue weighted by atomic mass is 16.4. The second kappa shape index (κ2) is 15.8. The molecule has 0 amide bonds. The van der Waals surface area contributed by atoms with E-state index in [-0.39, 0.29) is 23.7 Å². The van der Waals surface area contributed by atoms with Crippen molar-refractivity contribution in [1.29, 1.82) is 0 Å². The van der Waals surface area contributed by atoms with E-state index >= 15 is 0 Å². The van der Waals surface area contributed by atoms with Gasteiger partial charge in [-0.3, -0.25) is 24.7 Å². The summed E-state index contributed by atoms with van der Waals surface area (Å²) < 4.78 is 0. The maximum atomic E-state index is 10.9. The quantitative estimate of drug-likeness (QED) is 0.127. The molecular weight excluding hydrogens is 500 g/mol. The highest BCUT2D eigenvalue weighted by Crippen LogP contribution is 2.03. The maximum Gasteiger partial charge on any atom is 0.327 e. The van der Waals surface area contributed by atoms with Crippen molar-refractivity contribution in [2.24, 2.45) is 0 Å². The van der Waals surface area contributed by atoms with Crippen LogP contribution in [0.3, 0.4) is 0 Å². The van der Waals surface area contributed by atoms with Crippen molar-refractivity contribution >= 4 is 23.7 Å². The number of aromatic amines is 4. The molecule has 0 aliphatic carbocycles. The fourth-order valence-electron chi connectivity index (χ4n) is 2.19. The molecule has 0 aromatic carbocycles. The van der Waals surface area contributed by atoms with Gasteiger partial charge in [-0.2, -0.15) is 0 Å². The Kier molecular flexibility index (Phi) is 14.4. The molecule has 0 aliphatic heterocycles. The van der Waals surface area contributed by atoms with Crippen molar-refractivity contribution < 1.29 is 60.7 Å². The lowest BCUT2D eigenvalue weighted by Crippen LogP contribution is -2.46. The lowest BCUT2D eigenvalue weighted by molar-refractivity contribution is -0.136. The van der Waals surface area contributed by atoms with Crippen LogP contribution < -0.4 is 16.9 Å². The summed E-state index contributed by atoms with van der Waals surface area (Å²) >= 11 is 0. The van der Waals surface area contributed by atoms with E-state index in [9.17, 15) is 24.0 Å². The SMILES string of the molecule is O=C[C@H](O)[C@@H](O)[C@H](O)[C@H](O)CO.O=C[C@H](O)[C@@H](O)[C@H](O)[C@H](O)CO.O=c1[nH]c(=O)c2[nH]c(=O)[nH]c2[nH]1. The summed E-state index contributed by atoms with van der Waals surface area (Å²) in [5, 5.41) is 87.1. The first-order chi connectivity index (χ1) is 16.7. The molecule has 2 aromatic rings. The van der Waals surface area contributed by atoms with Gasteiger partial charge in [0.1, 0.15) is 60.0 Å². The molecule has 2 rings (SSSR count). The summed E-state index contributed by atoms with van der Waals surface area (Å²) in [4.78, 5) is 60.8. The number of fused-ring (bicyclic) bond motifs is 1. The Labute approximate surface area is 198 Å². The van der Waals surface area contributed by atoms with Crippen molar-refractivity contribution in [3.8, 4) is 0 Å². The van der Waals surface area contributed by atoms with Gasteiger partial charge in [0.25, 0.3) is 5.56 Å². The first-order valence-corrected chi connectivity index (χ1v) is 9.76. The zero-order chi connectivity index (χ0) is 28.2. The number of rotatable bonds is 10. The van der Waals surface area contributed by atoms with Gasteiger partial charge in [-0.1, -0.05) is 0 Å². The topological polar surface area (TPSA) is 351 Å². The van der Waals surface area contributed by atoms with E-state index in [1.54, 1.807) is 0 Å². The third kappa shape index (κ3) is 9.87. The highest BCUT2D eigenvalue weighted by Gasteiger charge is 2.30. The summed E-state index contributed by atoms with van der Waals surface area (Å²) in [5.41, 5.74) is -1.65. The molecule has 206 valence electrons. The molecule has 8 atom stereocenters. The van der Waals surface area contributed by atoms with Gasteiger partial charge in [-0.15, -0.1) is 0 Å². The largest absolute Gasteiger partial charge is 0.394 e. The second-order valence-corrected chi connectivity index (χ2v) is 6.95. The number of imidazole rings is 1. The van der Waals surface area contributed by atoms with Gasteiger partial charge in [-0.05, 0) is 0 Å². The number of H-pyrrole nitrogens is 4. The molecule has 0 bridgehead atoms. The monoisotopic (exact) mass is 528 g/mol. The van der Waals surface area contributed by atoms with E-state index < -0.39 is 79.0 Å². The molecule has 2 heterocycles. The third-order valence-corrected chi connectivity index (χ3v) is 4.26. The maximum absolute atomic E-state index is 10.9. The average molecular weight is 528 g/mol. The number of carbonyl (C=O) groups excluding carboxylic acids is 2. The number of nitrogens with one attached hydrogen (secondary N) is 4.